The topological polar surface area (TPSA) is 91.8 Å². The Hall–Kier alpha value is -0.630. The van der Waals surface area contributed by atoms with Crippen LogP contribution in [-0.2, 0) is 4.79 Å². The Morgan fingerprint density at radius 2 is 2.17 bits per heavy atom. The number of H-pyrrole nitrogens is 1. The zero-order chi connectivity index (χ0) is 12.1. The Kier molecular flexibility index (Phi) is 6.62. The van der Waals surface area contributed by atoms with E-state index in [9.17, 15) is 4.79 Å². The third-order valence-electron chi connectivity index (χ3n) is 2.21. The van der Waals surface area contributed by atoms with E-state index >= 15 is 0 Å². The van der Waals surface area contributed by atoms with Gasteiger partial charge in [0.05, 0.1) is 6.33 Å². The zero-order valence-corrected chi connectivity index (χ0v) is 12.9. The number of nitrogens with zero attached hydrogens (tertiary/aromatic N) is 3. The molecule has 0 saturated heterocycles. The van der Waals surface area contributed by atoms with Crippen LogP contribution in [0.3, 0.4) is 0 Å². The smallest absolute Gasteiger partial charge is 0.303 e. The normalized spacial score (nSPS) is 10.2. The van der Waals surface area contributed by atoms with Crippen molar-refractivity contribution < 1.29 is 9.90 Å². The summed E-state index contributed by atoms with van der Waals surface area (Å²) in [5.74, 6) is 0.103. The second kappa shape index (κ2) is 7.73. The van der Waals surface area contributed by atoms with E-state index in [4.69, 9.17) is 5.11 Å². The molecule has 2 aromatic heterocycles. The van der Waals surface area contributed by atoms with Crippen LogP contribution in [-0.4, -0.2) is 66.3 Å². The van der Waals surface area contributed by atoms with Crippen molar-refractivity contribution in [3.63, 3.8) is 0 Å². The predicted octanol–water partition coefficient (Wildman–Crippen LogP) is 1.32. The summed E-state index contributed by atoms with van der Waals surface area (Å²) in [5, 5.41) is 9.37. The van der Waals surface area contributed by atoms with E-state index in [0.717, 1.165) is 22.7 Å². The van der Waals surface area contributed by atoms with Crippen molar-refractivity contribution in [2.45, 2.75) is 24.3 Å². The fourth-order valence-corrected chi connectivity index (χ4v) is 2.36. The largest absolute Gasteiger partial charge is 0.481 e. The van der Waals surface area contributed by atoms with E-state index in [0.29, 0.717) is 12.1 Å². The third kappa shape index (κ3) is 4.24. The number of unbranched alkanes of at least 4 members (excludes halogenated alkanes) is 1. The minimum Gasteiger partial charge on any atom is -0.481 e. The molecule has 0 atom stereocenters. The SMILES string of the molecule is O=C(O)CCCCSc1ncnc2nc[nH]c12.[Na]. The van der Waals surface area contributed by atoms with E-state index in [2.05, 4.69) is 19.9 Å². The third-order valence-corrected chi connectivity index (χ3v) is 3.29. The fourth-order valence-electron chi connectivity index (χ4n) is 1.40. The van der Waals surface area contributed by atoms with Crippen molar-refractivity contribution in [3.05, 3.63) is 12.7 Å². The molecular weight excluding hydrogens is 263 g/mol. The molecule has 0 saturated carbocycles. The number of hydrogen-bond donors (Lipinski definition) is 2. The Morgan fingerprint density at radius 3 is 2.94 bits per heavy atom. The van der Waals surface area contributed by atoms with Gasteiger partial charge < -0.3 is 10.1 Å². The molecule has 0 bridgehead atoms. The first kappa shape index (κ1) is 15.4. The number of fused-ring (bicyclic) bond motifs is 1. The first-order chi connectivity index (χ1) is 8.27. The molecule has 2 heterocycles. The van der Waals surface area contributed by atoms with Crippen molar-refractivity contribution in [2.24, 2.45) is 0 Å². The molecule has 6 nitrogen and oxygen atoms in total. The first-order valence-electron chi connectivity index (χ1n) is 5.26. The van der Waals surface area contributed by atoms with Gasteiger partial charge in [0.25, 0.3) is 0 Å². The summed E-state index contributed by atoms with van der Waals surface area (Å²) in [6.07, 6.45) is 4.86. The summed E-state index contributed by atoms with van der Waals surface area (Å²) in [7, 11) is 0. The van der Waals surface area contributed by atoms with Crippen LogP contribution in [0.25, 0.3) is 11.2 Å². The van der Waals surface area contributed by atoms with E-state index in [-0.39, 0.29) is 36.0 Å². The number of aromatic nitrogens is 4. The Balaban J connectivity index is 0.00000162. The van der Waals surface area contributed by atoms with E-state index in [1.165, 1.54) is 6.33 Å². The van der Waals surface area contributed by atoms with Crippen LogP contribution in [0, 0.1) is 0 Å². The number of thioether (sulfide) groups is 1. The van der Waals surface area contributed by atoms with E-state index in [1.54, 1.807) is 18.1 Å². The predicted molar refractivity (Wildman–Crippen MR) is 69.6 cm³/mol. The fraction of sp³-hybridized carbons (Fsp3) is 0.400. The first-order valence-corrected chi connectivity index (χ1v) is 6.24. The number of aromatic amines is 1. The van der Waals surface area contributed by atoms with Crippen LogP contribution in [0.15, 0.2) is 17.7 Å². The van der Waals surface area contributed by atoms with Gasteiger partial charge in [0, 0.05) is 36.0 Å². The number of carbonyl (C=O) groups is 1. The summed E-state index contributed by atoms with van der Waals surface area (Å²) < 4.78 is 0. The molecular formula is C10H12N4NaO2S. The van der Waals surface area contributed by atoms with Gasteiger partial charge >= 0.3 is 5.97 Å². The van der Waals surface area contributed by atoms with Gasteiger partial charge in [0.1, 0.15) is 16.9 Å². The standard InChI is InChI=1S/C10H12N4O2S.Na/c15-7(16)3-1-2-4-17-10-8-9(12-5-11-8)13-6-14-10;/h5-6H,1-4H2,(H,15,16)(H,11,12,13,14);. The molecule has 0 aliphatic rings. The summed E-state index contributed by atoms with van der Waals surface area (Å²) in [5.41, 5.74) is 1.50. The second-order valence-electron chi connectivity index (χ2n) is 3.48. The minimum atomic E-state index is -0.743. The monoisotopic (exact) mass is 275 g/mol. The average Bonchev–Trinajstić information content (AvgIpc) is 2.77. The number of carboxylic acids is 1. The molecule has 0 aliphatic carbocycles. The molecule has 0 amide bonds. The van der Waals surface area contributed by atoms with Gasteiger partial charge in [0.2, 0.25) is 0 Å². The summed E-state index contributed by atoms with van der Waals surface area (Å²) in [4.78, 5) is 25.6. The number of rotatable bonds is 6. The molecule has 2 rings (SSSR count). The zero-order valence-electron chi connectivity index (χ0n) is 10.1. The number of nitrogens with one attached hydrogen (secondary N) is 1. The van der Waals surface area contributed by atoms with Crippen molar-refractivity contribution in [3.8, 4) is 0 Å². The van der Waals surface area contributed by atoms with Crippen molar-refractivity contribution in [1.29, 1.82) is 0 Å². The van der Waals surface area contributed by atoms with Crippen LogP contribution >= 0.6 is 11.8 Å². The Labute approximate surface area is 130 Å². The van der Waals surface area contributed by atoms with Crippen LogP contribution < -0.4 is 0 Å². The summed E-state index contributed by atoms with van der Waals surface area (Å²) in [6, 6.07) is 0. The van der Waals surface area contributed by atoms with Gasteiger partial charge in [-0.05, 0) is 18.6 Å². The molecule has 0 fully saturated rings. The molecule has 1 radical (unpaired) electrons. The van der Waals surface area contributed by atoms with Crippen molar-refractivity contribution in [1.82, 2.24) is 19.9 Å². The number of imidazole rings is 1. The maximum Gasteiger partial charge on any atom is 0.303 e. The molecule has 0 aromatic carbocycles. The number of aliphatic carboxylic acids is 1. The number of hydrogen-bond acceptors (Lipinski definition) is 5. The molecule has 0 spiro atoms. The van der Waals surface area contributed by atoms with Crippen LogP contribution in [0.4, 0.5) is 0 Å². The molecule has 0 aliphatic heterocycles. The maximum atomic E-state index is 10.3. The van der Waals surface area contributed by atoms with Crippen LogP contribution in [0.1, 0.15) is 19.3 Å². The van der Waals surface area contributed by atoms with Gasteiger partial charge in [-0.25, -0.2) is 15.0 Å². The van der Waals surface area contributed by atoms with Gasteiger partial charge in [-0.3, -0.25) is 4.79 Å². The van der Waals surface area contributed by atoms with Crippen LogP contribution in [0.5, 0.6) is 0 Å². The van der Waals surface area contributed by atoms with Crippen molar-refractivity contribution in [2.75, 3.05) is 5.75 Å². The summed E-state index contributed by atoms with van der Waals surface area (Å²) in [6.45, 7) is 0. The minimum absolute atomic E-state index is 0. The quantitative estimate of drug-likeness (QED) is 0.357. The number of carboxylic acid groups (broad SMARTS) is 1. The van der Waals surface area contributed by atoms with Gasteiger partial charge in [-0.15, -0.1) is 11.8 Å². The summed E-state index contributed by atoms with van der Waals surface area (Å²) >= 11 is 1.59. The second-order valence-corrected chi connectivity index (χ2v) is 4.56. The maximum absolute atomic E-state index is 10.3. The Morgan fingerprint density at radius 1 is 1.33 bits per heavy atom. The van der Waals surface area contributed by atoms with Gasteiger partial charge in [-0.1, -0.05) is 0 Å². The Bertz CT molecular complexity index is 519. The van der Waals surface area contributed by atoms with Gasteiger partial charge in [-0.2, -0.15) is 0 Å². The molecule has 8 heteroatoms. The molecule has 91 valence electrons. The van der Waals surface area contributed by atoms with Gasteiger partial charge in [0.15, 0.2) is 5.65 Å². The molecule has 0 unspecified atom stereocenters. The van der Waals surface area contributed by atoms with E-state index in [1.807, 2.05) is 0 Å². The van der Waals surface area contributed by atoms with E-state index < -0.39 is 5.97 Å². The van der Waals surface area contributed by atoms with Crippen molar-refractivity contribution >= 4 is 58.5 Å². The molecule has 18 heavy (non-hydrogen) atoms. The molecule has 2 aromatic rings. The average molecular weight is 275 g/mol. The molecule has 2 N–H and O–H groups in total. The van der Waals surface area contributed by atoms with Crippen LogP contribution in [0.2, 0.25) is 0 Å².